The van der Waals surface area contributed by atoms with Gasteiger partial charge in [0.25, 0.3) is 0 Å². The van der Waals surface area contributed by atoms with Crippen LogP contribution in [0.4, 0.5) is 5.69 Å². The molecule has 1 aliphatic carbocycles. The molecule has 0 unspecified atom stereocenters. The lowest BCUT2D eigenvalue weighted by atomic mass is 9.82. The molecule has 98 valence electrons. The molecule has 1 fully saturated rings. The van der Waals surface area contributed by atoms with Crippen LogP contribution in [-0.4, -0.2) is 17.0 Å². The number of nitrogens with one attached hydrogen (secondary N) is 1. The van der Waals surface area contributed by atoms with E-state index >= 15 is 0 Å². The van der Waals surface area contributed by atoms with Gasteiger partial charge in [-0.15, -0.1) is 0 Å². The fourth-order valence-corrected chi connectivity index (χ4v) is 2.42. The van der Waals surface area contributed by atoms with Gasteiger partial charge >= 0.3 is 0 Å². The van der Waals surface area contributed by atoms with E-state index in [0.29, 0.717) is 5.92 Å². The minimum absolute atomic E-state index is 0.650. The van der Waals surface area contributed by atoms with Gasteiger partial charge in [0.1, 0.15) is 0 Å². The molecule has 19 heavy (non-hydrogen) atoms. The maximum atomic E-state index is 4.75. The predicted molar refractivity (Wildman–Crippen MR) is 78.3 cm³/mol. The molecule has 1 aromatic heterocycles. The third-order valence-electron chi connectivity index (χ3n) is 3.83. The van der Waals surface area contributed by atoms with E-state index in [4.69, 9.17) is 4.98 Å². The number of rotatable bonds is 3. The first-order chi connectivity index (χ1) is 9.26. The van der Waals surface area contributed by atoms with E-state index in [9.17, 15) is 0 Å². The van der Waals surface area contributed by atoms with Gasteiger partial charge in [0.05, 0.1) is 0 Å². The molecule has 1 heterocycles. The number of benzene rings is 1. The molecule has 2 aromatic rings. The van der Waals surface area contributed by atoms with Crippen LogP contribution in [0.2, 0.25) is 0 Å². The van der Waals surface area contributed by atoms with Gasteiger partial charge in [0, 0.05) is 35.6 Å². The van der Waals surface area contributed by atoms with Crippen molar-refractivity contribution in [3.63, 3.8) is 0 Å². The average Bonchev–Trinajstić information content (AvgIpc) is 2.36. The number of hydrogen-bond acceptors (Lipinski definition) is 3. The number of aryl methyl sites for hydroxylation is 1. The van der Waals surface area contributed by atoms with Crippen LogP contribution in [0.3, 0.4) is 0 Å². The van der Waals surface area contributed by atoms with E-state index in [1.165, 1.54) is 25.0 Å². The molecule has 3 rings (SSSR count). The van der Waals surface area contributed by atoms with Crippen LogP contribution < -0.4 is 5.32 Å². The average molecular weight is 253 g/mol. The van der Waals surface area contributed by atoms with Crippen LogP contribution in [0.5, 0.6) is 0 Å². The molecule has 0 spiro atoms. The molecule has 0 saturated heterocycles. The number of aromatic nitrogens is 2. The Morgan fingerprint density at radius 2 is 1.84 bits per heavy atom. The summed E-state index contributed by atoms with van der Waals surface area (Å²) in [6.07, 6.45) is 3.88. The van der Waals surface area contributed by atoms with Crippen LogP contribution in [0.15, 0.2) is 30.3 Å². The summed E-state index contributed by atoms with van der Waals surface area (Å²) in [5, 5.41) is 3.12. The molecule has 3 heteroatoms. The van der Waals surface area contributed by atoms with E-state index in [1.807, 2.05) is 7.05 Å². The molecule has 1 saturated carbocycles. The van der Waals surface area contributed by atoms with Crippen LogP contribution >= 0.6 is 0 Å². The van der Waals surface area contributed by atoms with E-state index in [0.717, 1.165) is 22.8 Å². The molecule has 1 aromatic carbocycles. The maximum Gasteiger partial charge on any atom is 0.159 e. The minimum atomic E-state index is 0.650. The highest BCUT2D eigenvalue weighted by atomic mass is 14.9. The SMILES string of the molecule is CNc1ccc(-c2nc(C)cc(C3CCC3)n2)cc1. The van der Waals surface area contributed by atoms with Gasteiger partial charge in [-0.3, -0.25) is 0 Å². The summed E-state index contributed by atoms with van der Waals surface area (Å²) in [7, 11) is 1.92. The summed E-state index contributed by atoms with van der Waals surface area (Å²) < 4.78 is 0. The lowest BCUT2D eigenvalue weighted by Gasteiger charge is -2.25. The summed E-state index contributed by atoms with van der Waals surface area (Å²) in [5.74, 6) is 1.50. The summed E-state index contributed by atoms with van der Waals surface area (Å²) in [5.41, 5.74) is 4.47. The van der Waals surface area contributed by atoms with Crippen molar-refractivity contribution in [3.8, 4) is 11.4 Å². The smallest absolute Gasteiger partial charge is 0.159 e. The van der Waals surface area contributed by atoms with Crippen LogP contribution in [0.1, 0.15) is 36.6 Å². The van der Waals surface area contributed by atoms with Crippen molar-refractivity contribution in [1.29, 1.82) is 0 Å². The van der Waals surface area contributed by atoms with Gasteiger partial charge in [-0.05, 0) is 50.1 Å². The second-order valence-corrected chi connectivity index (χ2v) is 5.21. The molecule has 0 radical (unpaired) electrons. The Kier molecular flexibility index (Phi) is 3.20. The highest BCUT2D eigenvalue weighted by Crippen LogP contribution is 2.36. The molecule has 3 nitrogen and oxygen atoms in total. The number of hydrogen-bond donors (Lipinski definition) is 1. The first kappa shape index (κ1) is 12.2. The van der Waals surface area contributed by atoms with Gasteiger partial charge in [-0.2, -0.15) is 0 Å². The Labute approximate surface area is 114 Å². The molecular formula is C16H19N3. The first-order valence-corrected chi connectivity index (χ1v) is 6.90. The standard InChI is InChI=1S/C16H19N3/c1-11-10-15(12-4-3-5-12)19-16(18-11)13-6-8-14(17-2)9-7-13/h6-10,12,17H,3-5H2,1-2H3. The maximum absolute atomic E-state index is 4.75. The van der Waals surface area contributed by atoms with Crippen LogP contribution in [0.25, 0.3) is 11.4 Å². The second-order valence-electron chi connectivity index (χ2n) is 5.21. The normalized spacial score (nSPS) is 15.1. The molecule has 1 N–H and O–H groups in total. The van der Waals surface area contributed by atoms with Crippen molar-refractivity contribution in [1.82, 2.24) is 9.97 Å². The van der Waals surface area contributed by atoms with Gasteiger partial charge in [0.2, 0.25) is 0 Å². The largest absolute Gasteiger partial charge is 0.388 e. The third kappa shape index (κ3) is 2.46. The second kappa shape index (κ2) is 5.00. The molecular weight excluding hydrogens is 234 g/mol. The Morgan fingerprint density at radius 1 is 1.11 bits per heavy atom. The molecule has 1 aliphatic rings. The Hall–Kier alpha value is -1.90. The van der Waals surface area contributed by atoms with Crippen molar-refractivity contribution in [3.05, 3.63) is 41.7 Å². The molecule has 0 amide bonds. The monoisotopic (exact) mass is 253 g/mol. The predicted octanol–water partition coefficient (Wildman–Crippen LogP) is 3.76. The van der Waals surface area contributed by atoms with Crippen molar-refractivity contribution < 1.29 is 0 Å². The van der Waals surface area contributed by atoms with E-state index in [-0.39, 0.29) is 0 Å². The van der Waals surface area contributed by atoms with Gasteiger partial charge < -0.3 is 5.32 Å². The summed E-state index contributed by atoms with van der Waals surface area (Å²) in [4.78, 5) is 9.32. The zero-order chi connectivity index (χ0) is 13.2. The van der Waals surface area contributed by atoms with Crippen molar-refractivity contribution in [2.24, 2.45) is 0 Å². The zero-order valence-electron chi connectivity index (χ0n) is 11.5. The lowest BCUT2D eigenvalue weighted by molar-refractivity contribution is 0.410. The van der Waals surface area contributed by atoms with Gasteiger partial charge in [-0.25, -0.2) is 9.97 Å². The van der Waals surface area contributed by atoms with Crippen LogP contribution in [0, 0.1) is 6.92 Å². The number of nitrogens with zero attached hydrogens (tertiary/aromatic N) is 2. The summed E-state index contributed by atoms with van der Waals surface area (Å²) in [6, 6.07) is 10.4. The summed E-state index contributed by atoms with van der Waals surface area (Å²) in [6.45, 7) is 2.05. The molecule has 0 atom stereocenters. The van der Waals surface area contributed by atoms with Crippen molar-refractivity contribution >= 4 is 5.69 Å². The Bertz CT molecular complexity index is 571. The highest BCUT2D eigenvalue weighted by molar-refractivity contribution is 5.59. The topological polar surface area (TPSA) is 37.8 Å². The quantitative estimate of drug-likeness (QED) is 0.905. The van der Waals surface area contributed by atoms with Crippen LogP contribution in [-0.2, 0) is 0 Å². The Morgan fingerprint density at radius 3 is 2.42 bits per heavy atom. The summed E-state index contributed by atoms with van der Waals surface area (Å²) >= 11 is 0. The zero-order valence-corrected chi connectivity index (χ0v) is 11.5. The minimum Gasteiger partial charge on any atom is -0.388 e. The number of anilines is 1. The van der Waals surface area contributed by atoms with Crippen molar-refractivity contribution in [2.45, 2.75) is 32.1 Å². The van der Waals surface area contributed by atoms with E-state index < -0.39 is 0 Å². The van der Waals surface area contributed by atoms with Crippen molar-refractivity contribution in [2.75, 3.05) is 12.4 Å². The van der Waals surface area contributed by atoms with Gasteiger partial charge in [0.15, 0.2) is 5.82 Å². The van der Waals surface area contributed by atoms with Gasteiger partial charge in [-0.1, -0.05) is 6.42 Å². The fourth-order valence-electron chi connectivity index (χ4n) is 2.42. The first-order valence-electron chi connectivity index (χ1n) is 6.90. The Balaban J connectivity index is 1.96. The molecule has 0 aliphatic heterocycles. The molecule has 0 bridgehead atoms. The lowest BCUT2D eigenvalue weighted by Crippen LogP contribution is -2.12. The highest BCUT2D eigenvalue weighted by Gasteiger charge is 2.21. The van der Waals surface area contributed by atoms with E-state index in [1.54, 1.807) is 0 Å². The third-order valence-corrected chi connectivity index (χ3v) is 3.83. The van der Waals surface area contributed by atoms with E-state index in [2.05, 4.69) is 47.6 Å². The fraction of sp³-hybridized carbons (Fsp3) is 0.375.